The first kappa shape index (κ1) is 16.2. The Morgan fingerprint density at radius 2 is 1.96 bits per heavy atom. The van der Waals surface area contributed by atoms with E-state index in [1.165, 1.54) is 6.92 Å². The quantitative estimate of drug-likeness (QED) is 0.436. The van der Waals surface area contributed by atoms with Crippen molar-refractivity contribution in [2.24, 2.45) is 5.73 Å². The fourth-order valence-corrected chi connectivity index (χ4v) is 1.98. The fraction of sp³-hybridized carbons (Fsp3) is 0.182. The number of Topliss-reactive ketones (excluding diaryl/α,β-unsaturated/α-hetero) is 1. The van der Waals surface area contributed by atoms with E-state index in [1.807, 2.05) is 0 Å². The van der Waals surface area contributed by atoms with Gasteiger partial charge in [0.25, 0.3) is 0 Å². The molecular formula is C11H10F3N7O2. The van der Waals surface area contributed by atoms with Gasteiger partial charge in [0.05, 0.1) is 16.9 Å². The summed E-state index contributed by atoms with van der Waals surface area (Å²) in [6.45, 7) is 1.18. The summed E-state index contributed by atoms with van der Waals surface area (Å²) in [7, 11) is 0. The minimum absolute atomic E-state index is 0.0554. The number of rotatable bonds is 3. The first-order valence-electron chi connectivity index (χ1n) is 5.98. The molecule has 5 N–H and O–H groups in total. The lowest BCUT2D eigenvalue weighted by atomic mass is 10.0. The van der Waals surface area contributed by atoms with Gasteiger partial charge < -0.3 is 11.5 Å². The van der Waals surface area contributed by atoms with Crippen LogP contribution in [0.2, 0.25) is 0 Å². The molecule has 2 rings (SSSR count). The average molecular weight is 329 g/mol. The first-order valence-corrected chi connectivity index (χ1v) is 5.98. The number of halogens is 3. The van der Waals surface area contributed by atoms with Crippen LogP contribution in [0.4, 0.5) is 29.3 Å². The van der Waals surface area contributed by atoms with E-state index in [2.05, 4.69) is 20.6 Å². The minimum Gasteiger partial charge on any atom is -0.397 e. The number of aromatic nitrogens is 4. The van der Waals surface area contributed by atoms with Crippen LogP contribution in [-0.2, 0) is 0 Å². The predicted octanol–water partition coefficient (Wildman–Crippen LogP) is 1.06. The van der Waals surface area contributed by atoms with Crippen LogP contribution in [0.3, 0.4) is 0 Å². The zero-order chi connectivity index (χ0) is 17.4. The summed E-state index contributed by atoms with van der Waals surface area (Å²) >= 11 is 0. The van der Waals surface area contributed by atoms with Crippen molar-refractivity contribution in [1.29, 1.82) is 0 Å². The molecule has 0 aliphatic rings. The Labute approximate surface area is 126 Å². The van der Waals surface area contributed by atoms with Crippen LogP contribution in [0.25, 0.3) is 11.4 Å². The molecule has 0 fully saturated rings. The van der Waals surface area contributed by atoms with Crippen molar-refractivity contribution in [1.82, 2.24) is 20.6 Å². The van der Waals surface area contributed by atoms with E-state index in [0.29, 0.717) is 0 Å². The number of carbonyl (C=O) groups excluding carboxylic acids is 2. The van der Waals surface area contributed by atoms with Gasteiger partial charge in [0.2, 0.25) is 5.82 Å². The van der Waals surface area contributed by atoms with Crippen LogP contribution in [-0.4, -0.2) is 38.7 Å². The second kappa shape index (κ2) is 5.55. The second-order valence-corrected chi connectivity index (χ2v) is 4.35. The third kappa shape index (κ3) is 2.90. The van der Waals surface area contributed by atoms with Gasteiger partial charge >= 0.3 is 12.3 Å². The molecule has 0 aliphatic carbocycles. The molecule has 1 aromatic carbocycles. The molecular weight excluding hydrogens is 319 g/mol. The number of tetrazole rings is 1. The van der Waals surface area contributed by atoms with E-state index in [1.54, 1.807) is 0 Å². The minimum atomic E-state index is -5.12. The molecule has 2 amide bonds. The topological polar surface area (TPSA) is 144 Å². The van der Waals surface area contributed by atoms with Crippen LogP contribution in [0.1, 0.15) is 17.3 Å². The number of hydrogen-bond donors (Lipinski definition) is 3. The highest BCUT2D eigenvalue weighted by molar-refractivity contribution is 6.06. The molecule has 0 bridgehead atoms. The molecule has 2 aromatic rings. The summed E-state index contributed by atoms with van der Waals surface area (Å²) in [4.78, 5) is 22.2. The average Bonchev–Trinajstić information content (AvgIpc) is 2.89. The number of carbonyl (C=O) groups is 2. The summed E-state index contributed by atoms with van der Waals surface area (Å²) in [5.41, 5.74) is 9.11. The maximum Gasteiger partial charge on any atom is 0.493 e. The van der Waals surface area contributed by atoms with Crippen LogP contribution in [0.15, 0.2) is 12.1 Å². The van der Waals surface area contributed by atoms with Crippen LogP contribution < -0.4 is 16.4 Å². The number of aromatic amines is 1. The fourth-order valence-electron chi connectivity index (χ4n) is 1.98. The van der Waals surface area contributed by atoms with Crippen LogP contribution in [0.5, 0.6) is 0 Å². The lowest BCUT2D eigenvalue weighted by molar-refractivity contribution is -0.120. The van der Waals surface area contributed by atoms with E-state index in [0.717, 1.165) is 12.1 Å². The molecule has 0 atom stereocenters. The molecule has 122 valence electrons. The SMILES string of the molecule is CC(=O)c1ccc(N(C(N)=O)C(F)(F)F)c(-c2nn[nH]n2)c1N. The maximum atomic E-state index is 13.1. The van der Waals surface area contributed by atoms with Gasteiger partial charge in [-0.25, -0.2) is 9.69 Å². The van der Waals surface area contributed by atoms with Crippen LogP contribution in [0, 0.1) is 0 Å². The molecule has 0 spiro atoms. The van der Waals surface area contributed by atoms with E-state index in [-0.39, 0.29) is 22.6 Å². The molecule has 0 saturated carbocycles. The van der Waals surface area contributed by atoms with Gasteiger partial charge in [-0.2, -0.15) is 5.21 Å². The summed E-state index contributed by atoms with van der Waals surface area (Å²) in [5.74, 6) is -0.812. The molecule has 0 unspecified atom stereocenters. The number of primary amides is 1. The molecule has 1 heterocycles. The predicted molar refractivity (Wildman–Crippen MR) is 72.1 cm³/mol. The van der Waals surface area contributed by atoms with E-state index >= 15 is 0 Å². The second-order valence-electron chi connectivity index (χ2n) is 4.35. The van der Waals surface area contributed by atoms with E-state index < -0.39 is 28.7 Å². The number of amides is 2. The number of ketones is 1. The highest BCUT2D eigenvalue weighted by atomic mass is 19.4. The van der Waals surface area contributed by atoms with E-state index in [9.17, 15) is 22.8 Å². The molecule has 0 aliphatic heterocycles. The Morgan fingerprint density at radius 3 is 2.39 bits per heavy atom. The number of hydrogen-bond acceptors (Lipinski definition) is 6. The van der Waals surface area contributed by atoms with Gasteiger partial charge in [0, 0.05) is 5.56 Å². The molecule has 1 aromatic heterocycles. The van der Waals surface area contributed by atoms with E-state index in [4.69, 9.17) is 11.5 Å². The highest BCUT2D eigenvalue weighted by Gasteiger charge is 2.43. The smallest absolute Gasteiger partial charge is 0.397 e. The summed E-state index contributed by atoms with van der Waals surface area (Å²) in [6, 6.07) is 0.159. The van der Waals surface area contributed by atoms with Gasteiger partial charge in [0.1, 0.15) is 0 Å². The van der Waals surface area contributed by atoms with Crippen molar-refractivity contribution in [2.75, 3.05) is 10.6 Å². The third-order valence-corrected chi connectivity index (χ3v) is 2.89. The van der Waals surface area contributed by atoms with Gasteiger partial charge in [0.15, 0.2) is 5.78 Å². The number of nitrogens with zero attached hydrogens (tertiary/aromatic N) is 4. The Kier molecular flexibility index (Phi) is 3.91. The van der Waals surface area contributed by atoms with Crippen molar-refractivity contribution in [3.63, 3.8) is 0 Å². The number of nitrogen functional groups attached to an aromatic ring is 1. The van der Waals surface area contributed by atoms with Gasteiger partial charge in [-0.15, -0.1) is 23.4 Å². The summed E-state index contributed by atoms with van der Waals surface area (Å²) < 4.78 is 39.4. The monoisotopic (exact) mass is 329 g/mol. The highest BCUT2D eigenvalue weighted by Crippen LogP contribution is 2.40. The lowest BCUT2D eigenvalue weighted by Gasteiger charge is -2.25. The van der Waals surface area contributed by atoms with Gasteiger partial charge in [-0.3, -0.25) is 4.79 Å². The molecule has 9 nitrogen and oxygen atoms in total. The third-order valence-electron chi connectivity index (χ3n) is 2.89. The zero-order valence-corrected chi connectivity index (χ0v) is 11.5. The Morgan fingerprint density at radius 1 is 1.30 bits per heavy atom. The van der Waals surface area contributed by atoms with Gasteiger partial charge in [-0.05, 0) is 24.3 Å². The number of anilines is 2. The van der Waals surface area contributed by atoms with Crippen molar-refractivity contribution in [3.05, 3.63) is 17.7 Å². The number of urea groups is 1. The zero-order valence-electron chi connectivity index (χ0n) is 11.5. The van der Waals surface area contributed by atoms with Crippen molar-refractivity contribution in [2.45, 2.75) is 13.2 Å². The summed E-state index contributed by atoms with van der Waals surface area (Å²) in [6.07, 6.45) is -5.12. The normalized spacial score (nSPS) is 11.3. The first-order chi connectivity index (χ1) is 10.6. The molecule has 23 heavy (non-hydrogen) atoms. The summed E-state index contributed by atoms with van der Waals surface area (Å²) in [5, 5.41) is 12.4. The van der Waals surface area contributed by atoms with Crippen molar-refractivity contribution >= 4 is 23.2 Å². The maximum absolute atomic E-state index is 13.1. The lowest BCUT2D eigenvalue weighted by Crippen LogP contribution is -2.46. The number of nitrogens with one attached hydrogen (secondary N) is 1. The largest absolute Gasteiger partial charge is 0.493 e. The molecule has 12 heteroatoms. The number of alkyl halides is 3. The van der Waals surface area contributed by atoms with Crippen molar-refractivity contribution in [3.8, 4) is 11.4 Å². The van der Waals surface area contributed by atoms with Crippen molar-refractivity contribution < 1.29 is 22.8 Å². The number of benzene rings is 1. The number of H-pyrrole nitrogens is 1. The number of nitrogens with two attached hydrogens (primary N) is 2. The van der Waals surface area contributed by atoms with Crippen LogP contribution >= 0.6 is 0 Å². The Bertz CT molecular complexity index is 758. The molecule has 0 saturated heterocycles. The molecule has 0 radical (unpaired) electrons. The Balaban J connectivity index is 2.81. The van der Waals surface area contributed by atoms with Gasteiger partial charge in [-0.1, -0.05) is 0 Å². The Hall–Kier alpha value is -3.18. The standard InChI is InChI=1S/C11H10F3N7O2/c1-4(22)5-2-3-6(21(10(16)23)11(12,13)14)7(8(5)15)9-17-19-20-18-9/h2-3H,15H2,1H3,(H2,16,23)(H,17,18,19,20).